The number of aromatic hydroxyl groups is 1. The van der Waals surface area contributed by atoms with Gasteiger partial charge in [-0.3, -0.25) is 4.79 Å². The van der Waals surface area contributed by atoms with Gasteiger partial charge in [-0.25, -0.2) is 0 Å². The van der Waals surface area contributed by atoms with Gasteiger partial charge in [0, 0.05) is 32.2 Å². The Hall–Kier alpha value is -1.89. The average Bonchev–Trinajstić information content (AvgIpc) is 2.50. The molecule has 6 heteroatoms. The highest BCUT2D eigenvalue weighted by Crippen LogP contribution is 2.24. The van der Waals surface area contributed by atoms with Gasteiger partial charge in [-0.15, -0.1) is 0 Å². The highest BCUT2D eigenvalue weighted by atomic mass is 16.7. The van der Waals surface area contributed by atoms with Crippen LogP contribution in [0, 0.1) is 0 Å². The molecule has 6 nitrogen and oxygen atoms in total. The van der Waals surface area contributed by atoms with Gasteiger partial charge < -0.3 is 24.9 Å². The Balaban J connectivity index is 2.06. The van der Waals surface area contributed by atoms with Crippen molar-refractivity contribution >= 4 is 10.9 Å². The predicted octanol–water partition coefficient (Wildman–Crippen LogP) is 0.985. The molecular formula is C15H20N2O4. The Kier molecular flexibility index (Phi) is 5.32. The number of benzene rings is 1. The fraction of sp³-hybridized carbons (Fsp3) is 0.400. The van der Waals surface area contributed by atoms with E-state index in [-0.39, 0.29) is 17.6 Å². The summed E-state index contributed by atoms with van der Waals surface area (Å²) in [7, 11) is 3.19. The second-order valence-electron chi connectivity index (χ2n) is 4.71. The van der Waals surface area contributed by atoms with Crippen molar-refractivity contribution in [3.05, 3.63) is 40.2 Å². The number of H-pyrrole nitrogens is 1. The Labute approximate surface area is 122 Å². The van der Waals surface area contributed by atoms with Crippen LogP contribution in [0.2, 0.25) is 0 Å². The lowest BCUT2D eigenvalue weighted by atomic mass is 10.0. The molecule has 0 aliphatic heterocycles. The third kappa shape index (κ3) is 3.81. The van der Waals surface area contributed by atoms with Gasteiger partial charge in [-0.2, -0.15) is 0 Å². The Morgan fingerprint density at radius 2 is 2.00 bits per heavy atom. The van der Waals surface area contributed by atoms with Crippen LogP contribution in [-0.2, 0) is 15.9 Å². The number of ether oxygens (including phenoxy) is 2. The van der Waals surface area contributed by atoms with E-state index in [9.17, 15) is 9.90 Å². The lowest BCUT2D eigenvalue weighted by molar-refractivity contribution is -0.0986. The van der Waals surface area contributed by atoms with Crippen LogP contribution in [0.3, 0.4) is 0 Å². The molecule has 0 radical (unpaired) electrons. The van der Waals surface area contributed by atoms with Gasteiger partial charge in [0.25, 0.3) is 0 Å². The summed E-state index contributed by atoms with van der Waals surface area (Å²) < 4.78 is 10.2. The van der Waals surface area contributed by atoms with Crippen LogP contribution < -0.4 is 10.9 Å². The average molecular weight is 292 g/mol. The first kappa shape index (κ1) is 15.5. The van der Waals surface area contributed by atoms with E-state index < -0.39 is 0 Å². The Bertz CT molecular complexity index is 650. The van der Waals surface area contributed by atoms with Crippen molar-refractivity contribution in [2.24, 2.45) is 0 Å². The number of aromatic amines is 1. The van der Waals surface area contributed by atoms with E-state index in [2.05, 4.69) is 10.3 Å². The Morgan fingerprint density at radius 1 is 1.24 bits per heavy atom. The first-order chi connectivity index (χ1) is 10.2. The van der Waals surface area contributed by atoms with Crippen LogP contribution in [0.1, 0.15) is 5.56 Å². The lowest BCUT2D eigenvalue weighted by Gasteiger charge is -2.14. The zero-order valence-electron chi connectivity index (χ0n) is 12.2. The summed E-state index contributed by atoms with van der Waals surface area (Å²) in [5.74, 6) is 0.0817. The fourth-order valence-electron chi connectivity index (χ4n) is 2.22. The summed E-state index contributed by atoms with van der Waals surface area (Å²) in [4.78, 5) is 14.0. The minimum Gasteiger partial charge on any atom is -0.506 e. The number of fused-ring (bicyclic) bond motifs is 1. The maximum atomic E-state index is 11.3. The molecule has 0 aliphatic rings. The monoisotopic (exact) mass is 292 g/mol. The van der Waals surface area contributed by atoms with Crippen LogP contribution >= 0.6 is 0 Å². The van der Waals surface area contributed by atoms with Gasteiger partial charge in [0.1, 0.15) is 5.75 Å². The van der Waals surface area contributed by atoms with Gasteiger partial charge in [0.05, 0.1) is 5.52 Å². The van der Waals surface area contributed by atoms with E-state index in [0.717, 1.165) is 23.9 Å². The van der Waals surface area contributed by atoms with E-state index >= 15 is 0 Å². The zero-order chi connectivity index (χ0) is 15.2. The van der Waals surface area contributed by atoms with E-state index in [0.29, 0.717) is 12.1 Å². The first-order valence-corrected chi connectivity index (χ1v) is 6.76. The van der Waals surface area contributed by atoms with Crippen molar-refractivity contribution in [2.75, 3.05) is 27.3 Å². The van der Waals surface area contributed by atoms with Crippen LogP contribution in [0.5, 0.6) is 5.75 Å². The number of aromatic nitrogens is 1. The third-order valence-electron chi connectivity index (χ3n) is 3.37. The van der Waals surface area contributed by atoms with Gasteiger partial charge >= 0.3 is 0 Å². The maximum Gasteiger partial charge on any atom is 0.248 e. The summed E-state index contributed by atoms with van der Waals surface area (Å²) in [5, 5.41) is 13.9. The molecule has 0 fully saturated rings. The molecule has 0 atom stereocenters. The number of rotatable bonds is 7. The maximum absolute atomic E-state index is 11.3. The van der Waals surface area contributed by atoms with Gasteiger partial charge in [0.2, 0.25) is 5.56 Å². The van der Waals surface area contributed by atoms with Crippen molar-refractivity contribution in [1.82, 2.24) is 10.3 Å². The van der Waals surface area contributed by atoms with Crippen molar-refractivity contribution in [3.63, 3.8) is 0 Å². The number of pyridine rings is 1. The van der Waals surface area contributed by atoms with Crippen LogP contribution in [-0.4, -0.2) is 43.7 Å². The van der Waals surface area contributed by atoms with Gasteiger partial charge in [-0.05, 0) is 30.7 Å². The van der Waals surface area contributed by atoms with E-state index in [1.54, 1.807) is 26.4 Å². The van der Waals surface area contributed by atoms with Gasteiger partial charge in [0.15, 0.2) is 6.29 Å². The largest absolute Gasteiger partial charge is 0.506 e. The van der Waals surface area contributed by atoms with E-state index in [4.69, 9.17) is 9.47 Å². The first-order valence-electron chi connectivity index (χ1n) is 6.76. The predicted molar refractivity (Wildman–Crippen MR) is 80.6 cm³/mol. The molecule has 3 N–H and O–H groups in total. The molecule has 0 amide bonds. The topological polar surface area (TPSA) is 83.6 Å². The standard InChI is InChI=1S/C15H20N2O4/c1-20-14(21-2)9-16-8-7-10-3-5-12(18)15-11(10)4-6-13(19)17-15/h3-6,14,16,18H,7-9H2,1-2H3,(H,17,19). The number of phenols is 1. The van der Waals surface area contributed by atoms with Crippen molar-refractivity contribution in [2.45, 2.75) is 12.7 Å². The molecule has 0 unspecified atom stereocenters. The van der Waals surface area contributed by atoms with Crippen LogP contribution in [0.25, 0.3) is 10.9 Å². The smallest absolute Gasteiger partial charge is 0.248 e. The molecule has 2 rings (SSSR count). The lowest BCUT2D eigenvalue weighted by Crippen LogP contribution is -2.31. The molecule has 0 aliphatic carbocycles. The highest BCUT2D eigenvalue weighted by Gasteiger charge is 2.07. The minimum atomic E-state index is -0.266. The van der Waals surface area contributed by atoms with Crippen LogP contribution in [0.4, 0.5) is 0 Å². The Morgan fingerprint density at radius 3 is 2.71 bits per heavy atom. The zero-order valence-corrected chi connectivity index (χ0v) is 12.2. The molecule has 1 aromatic heterocycles. The summed E-state index contributed by atoms with van der Waals surface area (Å²) in [6.45, 7) is 1.34. The normalized spacial score (nSPS) is 11.4. The highest BCUT2D eigenvalue weighted by molar-refractivity contribution is 5.87. The number of hydrogen-bond donors (Lipinski definition) is 3. The second-order valence-corrected chi connectivity index (χ2v) is 4.71. The molecule has 0 saturated carbocycles. The quantitative estimate of drug-likeness (QED) is 0.523. The van der Waals surface area contributed by atoms with Crippen molar-refractivity contribution in [3.8, 4) is 5.75 Å². The third-order valence-corrected chi connectivity index (χ3v) is 3.37. The summed E-state index contributed by atoms with van der Waals surface area (Å²) in [5.41, 5.74) is 1.31. The number of nitrogens with one attached hydrogen (secondary N) is 2. The van der Waals surface area contributed by atoms with Crippen LogP contribution in [0.15, 0.2) is 29.1 Å². The minimum absolute atomic E-state index is 0.0817. The molecular weight excluding hydrogens is 272 g/mol. The molecule has 1 heterocycles. The number of methoxy groups -OCH3 is 2. The molecule has 0 saturated heterocycles. The van der Waals surface area contributed by atoms with E-state index in [1.165, 1.54) is 6.07 Å². The SMILES string of the molecule is COC(CNCCc1ccc(O)c2[nH]c(=O)ccc12)OC. The molecule has 21 heavy (non-hydrogen) atoms. The summed E-state index contributed by atoms with van der Waals surface area (Å²) in [6.07, 6.45) is 0.501. The summed E-state index contributed by atoms with van der Waals surface area (Å²) >= 11 is 0. The van der Waals surface area contributed by atoms with E-state index in [1.807, 2.05) is 6.07 Å². The molecule has 0 spiro atoms. The molecule has 1 aromatic carbocycles. The number of phenolic OH excluding ortho intramolecular Hbond substituents is 1. The molecule has 114 valence electrons. The summed E-state index contributed by atoms with van der Waals surface area (Å²) in [6, 6.07) is 6.66. The molecule has 0 bridgehead atoms. The van der Waals surface area contributed by atoms with Gasteiger partial charge in [-0.1, -0.05) is 6.07 Å². The van der Waals surface area contributed by atoms with Crippen molar-refractivity contribution in [1.29, 1.82) is 0 Å². The van der Waals surface area contributed by atoms with Crippen molar-refractivity contribution < 1.29 is 14.6 Å². The fourth-order valence-corrected chi connectivity index (χ4v) is 2.22. The number of hydrogen-bond acceptors (Lipinski definition) is 5. The molecule has 2 aromatic rings. The second kappa shape index (κ2) is 7.21.